The number of rotatable bonds is 8. The van der Waals surface area contributed by atoms with Crippen LogP contribution in [0.2, 0.25) is 0 Å². The van der Waals surface area contributed by atoms with E-state index in [0.29, 0.717) is 21.7 Å². The number of carbonyl (C=O) groups excluding carboxylic acids is 2. The molecule has 2 aromatic heterocycles. The van der Waals surface area contributed by atoms with Gasteiger partial charge in [-0.25, -0.2) is 4.98 Å². The van der Waals surface area contributed by atoms with Gasteiger partial charge < -0.3 is 10.6 Å². The highest BCUT2D eigenvalue weighted by atomic mass is 32.2. The fourth-order valence-electron chi connectivity index (χ4n) is 4.62. The minimum atomic E-state index is -0.193. The van der Waals surface area contributed by atoms with Gasteiger partial charge >= 0.3 is 0 Å². The summed E-state index contributed by atoms with van der Waals surface area (Å²) in [6.07, 6.45) is 0. The number of benzene rings is 4. The van der Waals surface area contributed by atoms with Gasteiger partial charge in [0.15, 0.2) is 16.1 Å². The summed E-state index contributed by atoms with van der Waals surface area (Å²) in [5.41, 5.74) is 4.53. The number of thiazole rings is 1. The highest BCUT2D eigenvalue weighted by Crippen LogP contribution is 2.28. The molecule has 8 nitrogen and oxygen atoms in total. The van der Waals surface area contributed by atoms with Gasteiger partial charge in [-0.15, -0.1) is 10.2 Å². The fourth-order valence-corrected chi connectivity index (χ4v) is 6.26. The van der Waals surface area contributed by atoms with E-state index in [2.05, 4.69) is 25.8 Å². The van der Waals surface area contributed by atoms with Crippen molar-refractivity contribution in [3.05, 3.63) is 107 Å². The largest absolute Gasteiger partial charge is 0.345 e. The summed E-state index contributed by atoms with van der Waals surface area (Å²) in [6, 6.07) is 27.3. The highest BCUT2D eigenvalue weighted by molar-refractivity contribution is 7.99. The lowest BCUT2D eigenvalue weighted by atomic mass is 10.0. The monoisotopic (exact) mass is 578 g/mol. The maximum absolute atomic E-state index is 13.2. The summed E-state index contributed by atoms with van der Waals surface area (Å²) < 4.78 is 2.93. The quantitative estimate of drug-likeness (QED) is 0.205. The van der Waals surface area contributed by atoms with Gasteiger partial charge in [0.2, 0.25) is 5.91 Å². The minimum absolute atomic E-state index is 0.126. The molecular weight excluding hydrogens is 553 g/mol. The summed E-state index contributed by atoms with van der Waals surface area (Å²) in [6.45, 7) is 4.25. The first-order valence-electron chi connectivity index (χ1n) is 13.0. The average molecular weight is 579 g/mol. The molecular formula is C31H26N6O2S2. The van der Waals surface area contributed by atoms with E-state index < -0.39 is 0 Å². The van der Waals surface area contributed by atoms with Crippen LogP contribution in [0.1, 0.15) is 27.3 Å². The van der Waals surface area contributed by atoms with Crippen LogP contribution >= 0.6 is 23.1 Å². The number of anilines is 1. The Kier molecular flexibility index (Phi) is 7.49. The fraction of sp³-hybridized carbons (Fsp3) is 0.129. The van der Waals surface area contributed by atoms with Crippen LogP contribution in [0.15, 0.2) is 90.1 Å². The van der Waals surface area contributed by atoms with Gasteiger partial charge in [0, 0.05) is 5.56 Å². The molecule has 0 fully saturated rings. The number of aromatic nitrogens is 4. The lowest BCUT2D eigenvalue weighted by Gasteiger charge is -2.15. The lowest BCUT2D eigenvalue weighted by molar-refractivity contribution is -0.113. The zero-order chi connectivity index (χ0) is 28.3. The van der Waals surface area contributed by atoms with Gasteiger partial charge in [0.05, 0.1) is 28.2 Å². The van der Waals surface area contributed by atoms with Crippen molar-refractivity contribution in [1.29, 1.82) is 0 Å². The summed E-state index contributed by atoms with van der Waals surface area (Å²) >= 11 is 2.72. The van der Waals surface area contributed by atoms with E-state index in [0.717, 1.165) is 37.8 Å². The Hall–Kier alpha value is -4.54. The number of carbonyl (C=O) groups is 2. The molecule has 0 aliphatic rings. The van der Waals surface area contributed by atoms with Gasteiger partial charge in [-0.05, 0) is 60.0 Å². The smallest absolute Gasteiger partial charge is 0.252 e. The minimum Gasteiger partial charge on any atom is -0.345 e. The molecule has 0 spiro atoms. The van der Waals surface area contributed by atoms with Crippen LogP contribution in [0.4, 0.5) is 5.13 Å². The van der Waals surface area contributed by atoms with Crippen molar-refractivity contribution in [3.8, 4) is 5.69 Å². The molecule has 204 valence electrons. The van der Waals surface area contributed by atoms with Crippen LogP contribution in [0, 0.1) is 13.8 Å². The first kappa shape index (κ1) is 26.7. The number of nitrogens with zero attached hydrogens (tertiary/aromatic N) is 4. The molecule has 2 N–H and O–H groups in total. The normalized spacial score (nSPS) is 11.2. The third-order valence-corrected chi connectivity index (χ3v) is 8.71. The van der Waals surface area contributed by atoms with Crippen molar-refractivity contribution < 1.29 is 9.59 Å². The Bertz CT molecular complexity index is 1870. The van der Waals surface area contributed by atoms with Gasteiger partial charge in [0.1, 0.15) is 0 Å². The number of hydrogen-bond acceptors (Lipinski definition) is 7. The van der Waals surface area contributed by atoms with Gasteiger partial charge in [-0.1, -0.05) is 83.8 Å². The second-order valence-corrected chi connectivity index (χ2v) is 11.5. The first-order valence-corrected chi connectivity index (χ1v) is 14.8. The van der Waals surface area contributed by atoms with Crippen LogP contribution < -0.4 is 10.6 Å². The van der Waals surface area contributed by atoms with E-state index in [1.165, 1.54) is 23.1 Å². The van der Waals surface area contributed by atoms with E-state index in [9.17, 15) is 9.59 Å². The molecule has 0 bridgehead atoms. The van der Waals surface area contributed by atoms with Crippen molar-refractivity contribution in [3.63, 3.8) is 0 Å². The zero-order valence-electron chi connectivity index (χ0n) is 22.4. The van der Waals surface area contributed by atoms with Crippen LogP contribution in [0.3, 0.4) is 0 Å². The second-order valence-electron chi connectivity index (χ2n) is 9.49. The molecule has 0 unspecified atom stereocenters. The maximum Gasteiger partial charge on any atom is 0.252 e. The van der Waals surface area contributed by atoms with Crippen molar-refractivity contribution in [1.82, 2.24) is 25.1 Å². The molecule has 0 aliphatic heterocycles. The second kappa shape index (κ2) is 11.5. The number of hydrogen-bond donors (Lipinski definition) is 2. The van der Waals surface area contributed by atoms with E-state index in [4.69, 9.17) is 0 Å². The summed E-state index contributed by atoms with van der Waals surface area (Å²) in [4.78, 5) is 30.6. The van der Waals surface area contributed by atoms with E-state index >= 15 is 0 Å². The predicted molar refractivity (Wildman–Crippen MR) is 165 cm³/mol. The van der Waals surface area contributed by atoms with Gasteiger partial charge in [-0.2, -0.15) is 0 Å². The Morgan fingerprint density at radius 1 is 0.902 bits per heavy atom. The molecule has 6 rings (SSSR count). The Balaban J connectivity index is 1.23. The van der Waals surface area contributed by atoms with Crippen LogP contribution in [0.5, 0.6) is 0 Å². The van der Waals surface area contributed by atoms with Crippen LogP contribution in [-0.2, 0) is 11.3 Å². The molecule has 10 heteroatoms. The summed E-state index contributed by atoms with van der Waals surface area (Å²) in [7, 11) is 0. The molecule has 41 heavy (non-hydrogen) atoms. The zero-order valence-corrected chi connectivity index (χ0v) is 24.1. The number of amides is 2. The third kappa shape index (κ3) is 5.57. The summed E-state index contributed by atoms with van der Waals surface area (Å²) in [5.74, 6) is 0.319. The van der Waals surface area contributed by atoms with Gasteiger partial charge in [-0.3, -0.25) is 14.2 Å². The Labute approximate surface area is 244 Å². The molecule has 0 saturated heterocycles. The number of nitrogens with one attached hydrogen (secondary N) is 2. The average Bonchev–Trinajstić information content (AvgIpc) is 3.59. The van der Waals surface area contributed by atoms with Crippen LogP contribution in [-0.4, -0.2) is 37.3 Å². The standard InChI is InChI=1S/C31H26N6O2S2/c1-19-9-7-15-25(20(19)2)37-27(17-32-29(39)23-13-8-11-21-10-3-4-12-22(21)23)35-36-31(37)40-18-28(38)34-30-33-24-14-5-6-16-26(24)41-30/h3-16H,17-18H2,1-2H3,(H,32,39)(H,33,34,38). The van der Waals surface area contributed by atoms with Crippen molar-refractivity contribution in [2.75, 3.05) is 11.1 Å². The lowest BCUT2D eigenvalue weighted by Crippen LogP contribution is -2.25. The molecule has 0 radical (unpaired) electrons. The van der Waals surface area contributed by atoms with Crippen molar-refractivity contribution in [2.24, 2.45) is 0 Å². The van der Waals surface area contributed by atoms with Gasteiger partial charge in [0.25, 0.3) is 5.91 Å². The SMILES string of the molecule is Cc1cccc(-n2c(CNC(=O)c3cccc4ccccc34)nnc2SCC(=O)Nc2nc3ccccc3s2)c1C. The van der Waals surface area contributed by atoms with Crippen LogP contribution in [0.25, 0.3) is 26.7 Å². The molecule has 2 amide bonds. The number of thioether (sulfide) groups is 1. The topological polar surface area (TPSA) is 102 Å². The Morgan fingerprint density at radius 3 is 2.56 bits per heavy atom. The Morgan fingerprint density at radius 2 is 1.68 bits per heavy atom. The molecule has 2 heterocycles. The molecule has 6 aromatic rings. The third-order valence-electron chi connectivity index (χ3n) is 6.83. The molecule has 4 aromatic carbocycles. The number of fused-ring (bicyclic) bond motifs is 2. The number of para-hydroxylation sites is 1. The predicted octanol–water partition coefficient (Wildman–Crippen LogP) is 6.31. The molecule has 0 atom stereocenters. The summed E-state index contributed by atoms with van der Waals surface area (Å²) in [5, 5.41) is 17.8. The number of aryl methyl sites for hydroxylation is 1. The molecule has 0 saturated carbocycles. The molecule has 0 aliphatic carbocycles. The highest BCUT2D eigenvalue weighted by Gasteiger charge is 2.19. The maximum atomic E-state index is 13.2. The van der Waals surface area contributed by atoms with E-state index in [-0.39, 0.29) is 24.1 Å². The van der Waals surface area contributed by atoms with E-state index in [1.54, 1.807) is 0 Å². The van der Waals surface area contributed by atoms with Crippen molar-refractivity contribution >= 4 is 61.0 Å². The first-order chi connectivity index (χ1) is 20.0. The van der Waals surface area contributed by atoms with E-state index in [1.807, 2.05) is 103 Å². The van der Waals surface area contributed by atoms with Crippen molar-refractivity contribution in [2.45, 2.75) is 25.5 Å².